The third-order valence-corrected chi connectivity index (χ3v) is 5.34. The molecule has 2 aromatic carbocycles. The normalized spacial score (nSPS) is 16.3. The van der Waals surface area contributed by atoms with Gasteiger partial charge in [0.15, 0.2) is 6.10 Å². The zero-order valence-electron chi connectivity index (χ0n) is 16.1. The Kier molecular flexibility index (Phi) is 6.39. The Hall–Kier alpha value is -3.06. The molecular weight excluding hydrogens is 390 g/mol. The Bertz CT molecular complexity index is 950. The third-order valence-electron chi connectivity index (χ3n) is 4.44. The van der Waals surface area contributed by atoms with E-state index < -0.39 is 12.1 Å². The minimum Gasteiger partial charge on any atom is -0.479 e. The molecule has 7 heteroatoms. The number of carboxylic acids is 1. The molecule has 1 saturated heterocycles. The van der Waals surface area contributed by atoms with Crippen molar-refractivity contribution in [2.24, 2.45) is 0 Å². The number of nitrogens with zero attached hydrogens (tertiary/aromatic N) is 1. The topological polar surface area (TPSA) is 83.9 Å². The van der Waals surface area contributed by atoms with Gasteiger partial charge in [-0.2, -0.15) is 0 Å². The fraction of sp³-hybridized carbons (Fsp3) is 0.227. The van der Waals surface area contributed by atoms with Gasteiger partial charge < -0.3 is 9.84 Å². The number of benzene rings is 2. The Morgan fingerprint density at radius 1 is 1.14 bits per heavy atom. The van der Waals surface area contributed by atoms with Gasteiger partial charge in [0.05, 0.1) is 11.4 Å². The molecule has 2 amide bonds. The van der Waals surface area contributed by atoms with E-state index in [-0.39, 0.29) is 17.7 Å². The van der Waals surface area contributed by atoms with E-state index in [4.69, 9.17) is 9.84 Å². The highest BCUT2D eigenvalue weighted by Crippen LogP contribution is 2.33. The van der Waals surface area contributed by atoms with Crippen LogP contribution in [-0.2, 0) is 16.1 Å². The standard InChI is InChI=1S/C22H21NO5S/c1-3-18(21(25)26)28-17-10-8-15(9-11-17)12-19-20(24)23(22(27)29-19)13-16-6-4-14(2)5-7-16/h4-12,18H,3,13H2,1-2H3,(H,25,26)/b19-12+. The van der Waals surface area contributed by atoms with Crippen LogP contribution in [0.2, 0.25) is 0 Å². The van der Waals surface area contributed by atoms with Gasteiger partial charge in [0.25, 0.3) is 11.1 Å². The monoisotopic (exact) mass is 411 g/mol. The maximum atomic E-state index is 12.6. The molecule has 150 valence electrons. The lowest BCUT2D eigenvalue weighted by atomic mass is 10.1. The van der Waals surface area contributed by atoms with Crippen LogP contribution in [0.5, 0.6) is 5.75 Å². The summed E-state index contributed by atoms with van der Waals surface area (Å²) in [6.07, 6.45) is 1.10. The summed E-state index contributed by atoms with van der Waals surface area (Å²) in [5.74, 6) is -0.902. The SMILES string of the molecule is CCC(Oc1ccc(/C=C2/SC(=O)N(Cc3ccc(C)cc3)C2=O)cc1)C(=O)O. The predicted octanol–water partition coefficient (Wildman–Crippen LogP) is 4.47. The molecule has 3 rings (SSSR count). The first kappa shape index (κ1) is 20.7. The van der Waals surface area contributed by atoms with Crippen LogP contribution < -0.4 is 4.74 Å². The van der Waals surface area contributed by atoms with Crippen molar-refractivity contribution in [2.75, 3.05) is 0 Å². The first-order chi connectivity index (χ1) is 13.9. The van der Waals surface area contributed by atoms with Crippen molar-refractivity contribution < 1.29 is 24.2 Å². The lowest BCUT2D eigenvalue weighted by molar-refractivity contribution is -0.145. The van der Waals surface area contributed by atoms with Gasteiger partial charge in [0.1, 0.15) is 5.75 Å². The van der Waals surface area contributed by atoms with Crippen LogP contribution in [0.15, 0.2) is 53.4 Å². The van der Waals surface area contributed by atoms with E-state index in [2.05, 4.69) is 0 Å². The van der Waals surface area contributed by atoms with Crippen LogP contribution in [0.4, 0.5) is 4.79 Å². The number of carboxylic acid groups (broad SMARTS) is 1. The van der Waals surface area contributed by atoms with E-state index in [1.165, 1.54) is 4.90 Å². The summed E-state index contributed by atoms with van der Waals surface area (Å²) < 4.78 is 5.43. The van der Waals surface area contributed by atoms with E-state index in [1.54, 1.807) is 37.3 Å². The molecule has 1 atom stereocenters. The molecule has 1 N–H and O–H groups in total. The number of hydrogen-bond donors (Lipinski definition) is 1. The van der Waals surface area contributed by atoms with Gasteiger partial charge in [-0.15, -0.1) is 0 Å². The molecule has 2 aromatic rings. The van der Waals surface area contributed by atoms with Crippen molar-refractivity contribution in [3.8, 4) is 5.75 Å². The molecule has 0 saturated carbocycles. The van der Waals surface area contributed by atoms with Gasteiger partial charge in [-0.25, -0.2) is 4.79 Å². The fourth-order valence-corrected chi connectivity index (χ4v) is 3.62. The average molecular weight is 411 g/mol. The first-order valence-electron chi connectivity index (χ1n) is 9.18. The van der Waals surface area contributed by atoms with Crippen LogP contribution in [-0.4, -0.2) is 33.2 Å². The van der Waals surface area contributed by atoms with Crippen molar-refractivity contribution in [3.63, 3.8) is 0 Å². The van der Waals surface area contributed by atoms with Gasteiger partial charge in [0, 0.05) is 0 Å². The number of ether oxygens (including phenoxy) is 1. The van der Waals surface area contributed by atoms with Crippen molar-refractivity contribution >= 4 is 35.0 Å². The number of carbonyl (C=O) groups excluding carboxylic acids is 2. The zero-order chi connectivity index (χ0) is 21.0. The molecule has 1 unspecified atom stereocenters. The van der Waals surface area contributed by atoms with Crippen LogP contribution in [0.1, 0.15) is 30.0 Å². The van der Waals surface area contributed by atoms with Crippen LogP contribution >= 0.6 is 11.8 Å². The molecule has 1 fully saturated rings. The summed E-state index contributed by atoms with van der Waals surface area (Å²) in [5.41, 5.74) is 2.73. The highest BCUT2D eigenvalue weighted by molar-refractivity contribution is 8.18. The maximum absolute atomic E-state index is 12.6. The summed E-state index contributed by atoms with van der Waals surface area (Å²) in [5, 5.41) is 8.77. The quantitative estimate of drug-likeness (QED) is 0.677. The van der Waals surface area contributed by atoms with Crippen molar-refractivity contribution in [3.05, 3.63) is 70.1 Å². The Morgan fingerprint density at radius 3 is 2.38 bits per heavy atom. The molecular formula is C22H21NO5S. The van der Waals surface area contributed by atoms with Crippen molar-refractivity contribution in [2.45, 2.75) is 32.9 Å². The number of aliphatic carboxylic acids is 1. The number of amides is 2. The van der Waals surface area contributed by atoms with Crippen molar-refractivity contribution in [1.82, 2.24) is 4.90 Å². The Morgan fingerprint density at radius 2 is 1.79 bits per heavy atom. The average Bonchev–Trinajstić information content (AvgIpc) is 2.96. The van der Waals surface area contributed by atoms with Gasteiger partial charge in [0.2, 0.25) is 0 Å². The molecule has 1 aliphatic heterocycles. The number of hydrogen-bond acceptors (Lipinski definition) is 5. The molecule has 0 spiro atoms. The van der Waals surface area contributed by atoms with Gasteiger partial charge >= 0.3 is 5.97 Å². The molecule has 6 nitrogen and oxygen atoms in total. The molecule has 1 aliphatic rings. The first-order valence-corrected chi connectivity index (χ1v) is 9.99. The van der Waals surface area contributed by atoms with Crippen molar-refractivity contribution in [1.29, 1.82) is 0 Å². The van der Waals surface area contributed by atoms with Crippen LogP contribution in [0, 0.1) is 6.92 Å². The predicted molar refractivity (Wildman–Crippen MR) is 111 cm³/mol. The van der Waals surface area contributed by atoms with E-state index >= 15 is 0 Å². The minimum absolute atomic E-state index is 0.239. The van der Waals surface area contributed by atoms with E-state index in [0.717, 1.165) is 28.5 Å². The van der Waals surface area contributed by atoms with E-state index in [9.17, 15) is 14.4 Å². The van der Waals surface area contributed by atoms with Gasteiger partial charge in [-0.1, -0.05) is 48.9 Å². The molecule has 0 aromatic heterocycles. The summed E-state index contributed by atoms with van der Waals surface area (Å²) in [4.78, 5) is 37.6. The molecule has 0 radical (unpaired) electrons. The fourth-order valence-electron chi connectivity index (χ4n) is 2.78. The van der Waals surface area contributed by atoms with Gasteiger partial charge in [-0.05, 0) is 54.4 Å². The lowest BCUT2D eigenvalue weighted by Gasteiger charge is -2.13. The zero-order valence-corrected chi connectivity index (χ0v) is 16.9. The smallest absolute Gasteiger partial charge is 0.344 e. The van der Waals surface area contributed by atoms with Crippen LogP contribution in [0.3, 0.4) is 0 Å². The summed E-state index contributed by atoms with van der Waals surface area (Å²) in [6, 6.07) is 14.4. The Labute approximate surface area is 173 Å². The number of carbonyl (C=O) groups is 3. The molecule has 0 aliphatic carbocycles. The van der Waals surface area contributed by atoms with E-state index in [1.807, 2.05) is 31.2 Å². The largest absolute Gasteiger partial charge is 0.479 e. The summed E-state index contributed by atoms with van der Waals surface area (Å²) in [6.45, 7) is 3.95. The third kappa shape index (κ3) is 5.06. The number of thioether (sulfide) groups is 1. The molecule has 0 bridgehead atoms. The molecule has 29 heavy (non-hydrogen) atoms. The number of rotatable bonds is 7. The minimum atomic E-state index is -1.01. The highest BCUT2D eigenvalue weighted by Gasteiger charge is 2.34. The number of aryl methyl sites for hydroxylation is 1. The summed E-state index contributed by atoms with van der Waals surface area (Å²) in [7, 11) is 0. The summed E-state index contributed by atoms with van der Waals surface area (Å²) >= 11 is 0.911. The second-order valence-electron chi connectivity index (χ2n) is 6.68. The Balaban J connectivity index is 1.70. The highest BCUT2D eigenvalue weighted by atomic mass is 32.2. The van der Waals surface area contributed by atoms with Gasteiger partial charge in [-0.3, -0.25) is 14.5 Å². The number of imide groups is 1. The molecule has 1 heterocycles. The second kappa shape index (κ2) is 8.96. The van der Waals surface area contributed by atoms with Crippen LogP contribution in [0.25, 0.3) is 6.08 Å². The maximum Gasteiger partial charge on any atom is 0.344 e. The van der Waals surface area contributed by atoms with E-state index in [0.29, 0.717) is 17.1 Å². The lowest BCUT2D eigenvalue weighted by Crippen LogP contribution is -2.27. The second-order valence-corrected chi connectivity index (χ2v) is 7.67.